The topological polar surface area (TPSA) is 15.3 Å². The van der Waals surface area contributed by atoms with Crippen LogP contribution in [0, 0.1) is 17.3 Å². The van der Waals surface area contributed by atoms with Crippen LogP contribution in [0.1, 0.15) is 73.1 Å². The fourth-order valence-corrected chi connectivity index (χ4v) is 4.68. The number of hydrogen-bond acceptors (Lipinski definition) is 2. The Morgan fingerprint density at radius 1 is 1.14 bits per heavy atom. The van der Waals surface area contributed by atoms with Gasteiger partial charge in [-0.25, -0.2) is 0 Å². The van der Waals surface area contributed by atoms with Gasteiger partial charge in [-0.3, -0.25) is 4.90 Å². The van der Waals surface area contributed by atoms with Crippen molar-refractivity contribution in [2.45, 2.75) is 91.3 Å². The molecule has 1 heterocycles. The molecule has 21 heavy (non-hydrogen) atoms. The second kappa shape index (κ2) is 7.00. The molecule has 2 nitrogen and oxygen atoms in total. The molecule has 0 amide bonds. The lowest BCUT2D eigenvalue weighted by atomic mass is 9.66. The molecule has 1 saturated carbocycles. The summed E-state index contributed by atoms with van der Waals surface area (Å²) < 4.78 is 0. The first kappa shape index (κ1) is 17.3. The Morgan fingerprint density at radius 3 is 2.48 bits per heavy atom. The Labute approximate surface area is 133 Å². The minimum absolute atomic E-state index is 0.502. The van der Waals surface area contributed by atoms with Crippen LogP contribution >= 0.6 is 0 Å². The van der Waals surface area contributed by atoms with E-state index >= 15 is 0 Å². The summed E-state index contributed by atoms with van der Waals surface area (Å²) in [6, 6.07) is 2.20. The summed E-state index contributed by atoms with van der Waals surface area (Å²) in [5.74, 6) is 1.75. The van der Waals surface area contributed by atoms with Gasteiger partial charge < -0.3 is 5.32 Å². The zero-order chi connectivity index (χ0) is 15.6. The van der Waals surface area contributed by atoms with Gasteiger partial charge in [0.2, 0.25) is 0 Å². The number of rotatable bonds is 4. The van der Waals surface area contributed by atoms with Crippen molar-refractivity contribution in [2.75, 3.05) is 13.6 Å². The molecule has 0 radical (unpaired) electrons. The van der Waals surface area contributed by atoms with E-state index in [0.29, 0.717) is 11.5 Å². The predicted octanol–water partition coefficient (Wildman–Crippen LogP) is 4.30. The van der Waals surface area contributed by atoms with Crippen molar-refractivity contribution in [1.82, 2.24) is 10.2 Å². The fraction of sp³-hybridized carbons (Fsp3) is 1.00. The largest absolute Gasteiger partial charge is 0.315 e. The molecule has 1 aliphatic heterocycles. The normalized spacial score (nSPS) is 39.4. The molecule has 5 atom stereocenters. The molecule has 1 N–H and O–H groups in total. The molecule has 0 aromatic rings. The molecule has 0 aromatic carbocycles. The maximum atomic E-state index is 3.64. The average molecular weight is 295 g/mol. The molecule has 0 bridgehead atoms. The number of likely N-dealkylation sites (N-methyl/N-ethyl adjacent to an activating group) is 1. The minimum atomic E-state index is 0.502. The van der Waals surface area contributed by atoms with Crippen LogP contribution in [0.2, 0.25) is 0 Å². The van der Waals surface area contributed by atoms with Crippen LogP contribution in [-0.4, -0.2) is 36.6 Å². The van der Waals surface area contributed by atoms with Gasteiger partial charge in [0, 0.05) is 18.1 Å². The van der Waals surface area contributed by atoms with Crippen molar-refractivity contribution in [2.24, 2.45) is 17.3 Å². The van der Waals surface area contributed by atoms with Crippen LogP contribution < -0.4 is 5.32 Å². The van der Waals surface area contributed by atoms with Crippen LogP contribution in [-0.2, 0) is 0 Å². The molecule has 1 aliphatic carbocycles. The summed E-state index contributed by atoms with van der Waals surface area (Å²) in [6.45, 7) is 13.6. The second-order valence-electron chi connectivity index (χ2n) is 8.41. The van der Waals surface area contributed by atoms with Gasteiger partial charge in [-0.2, -0.15) is 0 Å². The molecule has 2 rings (SSSR count). The van der Waals surface area contributed by atoms with Gasteiger partial charge in [-0.05, 0) is 69.9 Å². The van der Waals surface area contributed by atoms with E-state index in [1.165, 1.54) is 45.1 Å². The zero-order valence-corrected chi connectivity index (χ0v) is 15.3. The van der Waals surface area contributed by atoms with Crippen molar-refractivity contribution in [3.63, 3.8) is 0 Å². The Hall–Kier alpha value is -0.0800. The third-order valence-electron chi connectivity index (χ3n) is 7.05. The zero-order valence-electron chi connectivity index (χ0n) is 15.3. The molecule has 2 heteroatoms. The van der Waals surface area contributed by atoms with Gasteiger partial charge >= 0.3 is 0 Å². The quantitative estimate of drug-likeness (QED) is 0.831. The van der Waals surface area contributed by atoms with Crippen LogP contribution in [0.25, 0.3) is 0 Å². The Morgan fingerprint density at radius 2 is 1.86 bits per heavy atom. The first-order valence-electron chi connectivity index (χ1n) is 9.33. The van der Waals surface area contributed by atoms with Crippen molar-refractivity contribution < 1.29 is 0 Å². The average Bonchev–Trinajstić information content (AvgIpc) is 2.49. The Balaban J connectivity index is 2.13. The highest BCUT2D eigenvalue weighted by Gasteiger charge is 2.41. The van der Waals surface area contributed by atoms with Crippen molar-refractivity contribution >= 4 is 0 Å². The summed E-state index contributed by atoms with van der Waals surface area (Å²) in [5, 5.41) is 3.64. The van der Waals surface area contributed by atoms with Crippen LogP contribution in [0.3, 0.4) is 0 Å². The van der Waals surface area contributed by atoms with E-state index < -0.39 is 0 Å². The first-order valence-corrected chi connectivity index (χ1v) is 9.33. The van der Waals surface area contributed by atoms with Gasteiger partial charge in [-0.15, -0.1) is 0 Å². The molecular formula is C19H38N2. The first-order chi connectivity index (χ1) is 9.90. The van der Waals surface area contributed by atoms with Crippen molar-refractivity contribution in [1.29, 1.82) is 0 Å². The highest BCUT2D eigenvalue weighted by atomic mass is 15.2. The van der Waals surface area contributed by atoms with Gasteiger partial charge in [0.25, 0.3) is 0 Å². The summed E-state index contributed by atoms with van der Waals surface area (Å²) in [4.78, 5) is 2.85. The van der Waals surface area contributed by atoms with Crippen LogP contribution in [0.5, 0.6) is 0 Å². The summed E-state index contributed by atoms with van der Waals surface area (Å²) >= 11 is 0. The number of nitrogens with zero attached hydrogens (tertiary/aromatic N) is 1. The number of likely N-dealkylation sites (tertiary alicyclic amines) is 1. The van der Waals surface area contributed by atoms with E-state index in [4.69, 9.17) is 0 Å². The Bertz CT molecular complexity index is 326. The highest BCUT2D eigenvalue weighted by Crippen LogP contribution is 2.43. The second-order valence-corrected chi connectivity index (χ2v) is 8.41. The van der Waals surface area contributed by atoms with Crippen molar-refractivity contribution in [3.8, 4) is 0 Å². The van der Waals surface area contributed by atoms with E-state index in [2.05, 4.69) is 51.9 Å². The van der Waals surface area contributed by atoms with Gasteiger partial charge in [-0.1, -0.05) is 34.1 Å². The van der Waals surface area contributed by atoms with Gasteiger partial charge in [0.05, 0.1) is 0 Å². The van der Waals surface area contributed by atoms with E-state index in [9.17, 15) is 0 Å². The monoisotopic (exact) mass is 294 g/mol. The lowest BCUT2D eigenvalue weighted by Crippen LogP contribution is -2.58. The maximum absolute atomic E-state index is 3.64. The molecule has 124 valence electrons. The molecule has 1 saturated heterocycles. The molecule has 2 aliphatic rings. The Kier molecular flexibility index (Phi) is 5.76. The molecule has 5 unspecified atom stereocenters. The molecule has 2 fully saturated rings. The van der Waals surface area contributed by atoms with E-state index in [-0.39, 0.29) is 0 Å². The minimum Gasteiger partial charge on any atom is -0.315 e. The van der Waals surface area contributed by atoms with Gasteiger partial charge in [0.15, 0.2) is 0 Å². The van der Waals surface area contributed by atoms with E-state index in [1.807, 2.05) is 0 Å². The predicted molar refractivity (Wildman–Crippen MR) is 92.6 cm³/mol. The van der Waals surface area contributed by atoms with Gasteiger partial charge in [0.1, 0.15) is 0 Å². The van der Waals surface area contributed by atoms with E-state index in [0.717, 1.165) is 23.9 Å². The third kappa shape index (κ3) is 3.64. The standard InChI is InChI=1S/C19H38N2/c1-7-19(4,5)16-10-11-17(20-6)18(13-16)21-12-8-9-14(2)15(21)3/h14-18,20H,7-13H2,1-6H3. The molecular weight excluding hydrogens is 256 g/mol. The van der Waals surface area contributed by atoms with Crippen LogP contribution in [0.15, 0.2) is 0 Å². The van der Waals surface area contributed by atoms with E-state index in [1.54, 1.807) is 0 Å². The maximum Gasteiger partial charge on any atom is 0.0254 e. The fourth-order valence-electron chi connectivity index (χ4n) is 4.68. The van der Waals surface area contributed by atoms with Crippen LogP contribution in [0.4, 0.5) is 0 Å². The lowest BCUT2D eigenvalue weighted by molar-refractivity contribution is 0.000971. The lowest BCUT2D eigenvalue weighted by Gasteiger charge is -2.51. The number of hydrogen-bond donors (Lipinski definition) is 1. The third-order valence-corrected chi connectivity index (χ3v) is 7.05. The highest BCUT2D eigenvalue weighted by molar-refractivity contribution is 4.97. The summed E-state index contributed by atoms with van der Waals surface area (Å²) in [7, 11) is 2.17. The molecule has 0 spiro atoms. The summed E-state index contributed by atoms with van der Waals surface area (Å²) in [6.07, 6.45) is 8.26. The number of nitrogens with one attached hydrogen (secondary N) is 1. The smallest absolute Gasteiger partial charge is 0.0254 e. The number of piperidine rings is 1. The summed E-state index contributed by atoms with van der Waals surface area (Å²) in [5.41, 5.74) is 0.502. The van der Waals surface area contributed by atoms with Crippen molar-refractivity contribution in [3.05, 3.63) is 0 Å². The molecule has 0 aromatic heterocycles. The SMILES string of the molecule is CCC(C)(C)C1CCC(NC)C(N2CCCC(C)C2C)C1.